The molecule has 2 rings (SSSR count). The van der Waals surface area contributed by atoms with Gasteiger partial charge in [0.15, 0.2) is 0 Å². The topological polar surface area (TPSA) is 15.6 Å². The van der Waals surface area contributed by atoms with E-state index in [0.717, 1.165) is 34.0 Å². The fraction of sp³-hybridized carbons (Fsp3) is 0.476. The van der Waals surface area contributed by atoms with Gasteiger partial charge in [-0.15, -0.1) is 0 Å². The lowest BCUT2D eigenvalue weighted by Crippen LogP contribution is -2.35. The van der Waals surface area contributed by atoms with Crippen LogP contribution in [0.25, 0.3) is 0 Å². The molecule has 136 valence electrons. The van der Waals surface area contributed by atoms with Gasteiger partial charge >= 0.3 is 0 Å². The van der Waals surface area contributed by atoms with E-state index in [0.29, 0.717) is 25.9 Å². The first kappa shape index (κ1) is 19.8. The number of hydrogen-bond acceptors (Lipinski definition) is 3. The van der Waals surface area contributed by atoms with Crippen LogP contribution in [0.5, 0.6) is 0 Å². The number of amidine groups is 1. The molecule has 0 saturated carbocycles. The third-order valence-electron chi connectivity index (χ3n) is 4.66. The van der Waals surface area contributed by atoms with E-state index in [-0.39, 0.29) is 0 Å². The lowest BCUT2D eigenvalue weighted by Gasteiger charge is -2.29. The zero-order valence-electron chi connectivity index (χ0n) is 15.8. The van der Waals surface area contributed by atoms with Crippen molar-refractivity contribution in [3.05, 3.63) is 58.0 Å². The molecule has 2 heterocycles. The van der Waals surface area contributed by atoms with Crippen LogP contribution < -0.4 is 0 Å². The Bertz CT molecular complexity index is 669. The van der Waals surface area contributed by atoms with E-state index in [1.165, 1.54) is 0 Å². The van der Waals surface area contributed by atoms with Crippen LogP contribution in [-0.4, -0.2) is 29.5 Å². The highest BCUT2D eigenvalue weighted by Gasteiger charge is 2.44. The van der Waals surface area contributed by atoms with Crippen LogP contribution in [0.15, 0.2) is 63.0 Å². The average molecular weight is 361 g/mol. The lowest BCUT2D eigenvalue weighted by atomic mass is 9.96. The van der Waals surface area contributed by atoms with Crippen molar-refractivity contribution in [3.63, 3.8) is 0 Å². The Morgan fingerprint density at radius 2 is 2.16 bits per heavy atom. The lowest BCUT2D eigenvalue weighted by molar-refractivity contribution is 0.174. The number of aliphatic imine (C=N–C) groups is 1. The van der Waals surface area contributed by atoms with Crippen LogP contribution in [0, 0.1) is 0 Å². The minimum atomic E-state index is -1.19. The highest BCUT2D eigenvalue weighted by molar-refractivity contribution is 8.06. The quantitative estimate of drug-likeness (QED) is 0.505. The Morgan fingerprint density at radius 1 is 1.40 bits per heavy atom. The molecule has 0 aromatic carbocycles. The molecule has 0 aromatic rings. The van der Waals surface area contributed by atoms with Crippen molar-refractivity contribution < 1.29 is 4.39 Å². The second-order valence-electron chi connectivity index (χ2n) is 6.40. The summed E-state index contributed by atoms with van der Waals surface area (Å²) >= 11 is 1.55. The van der Waals surface area contributed by atoms with Gasteiger partial charge in [0.2, 0.25) is 0 Å². The summed E-state index contributed by atoms with van der Waals surface area (Å²) in [6.45, 7) is 13.2. The number of nitrogens with zero attached hydrogens (tertiary/aromatic N) is 2. The van der Waals surface area contributed by atoms with Gasteiger partial charge in [0.25, 0.3) is 0 Å². The number of rotatable bonds is 7. The number of fused-ring (bicyclic) bond motifs is 1. The molecule has 4 heteroatoms. The van der Waals surface area contributed by atoms with Crippen molar-refractivity contribution in [2.75, 3.05) is 13.1 Å². The summed E-state index contributed by atoms with van der Waals surface area (Å²) < 4.78 is 15.2. The smallest absolute Gasteiger partial charge is 0.141 e. The highest BCUT2D eigenvalue weighted by Crippen LogP contribution is 2.42. The van der Waals surface area contributed by atoms with Gasteiger partial charge in [-0.2, -0.15) is 0 Å². The summed E-state index contributed by atoms with van der Waals surface area (Å²) in [5.74, 6) is 0.824. The fourth-order valence-corrected chi connectivity index (χ4v) is 3.77. The third-order valence-corrected chi connectivity index (χ3v) is 5.54. The van der Waals surface area contributed by atoms with Crippen LogP contribution in [0.3, 0.4) is 0 Å². The van der Waals surface area contributed by atoms with E-state index in [4.69, 9.17) is 4.99 Å². The molecule has 25 heavy (non-hydrogen) atoms. The van der Waals surface area contributed by atoms with Gasteiger partial charge in [0, 0.05) is 22.6 Å². The molecule has 0 N–H and O–H groups in total. The number of thioether (sulfide) groups is 1. The van der Waals surface area contributed by atoms with E-state index in [9.17, 15) is 0 Å². The van der Waals surface area contributed by atoms with Gasteiger partial charge < -0.3 is 4.90 Å². The van der Waals surface area contributed by atoms with E-state index in [2.05, 4.69) is 36.6 Å². The molecule has 0 radical (unpaired) electrons. The fourth-order valence-electron chi connectivity index (χ4n) is 3.19. The summed E-state index contributed by atoms with van der Waals surface area (Å²) in [5, 5.41) is 1.99. The number of allylic oxidation sites excluding steroid dienone is 5. The van der Waals surface area contributed by atoms with Crippen LogP contribution in [0.1, 0.15) is 47.0 Å². The van der Waals surface area contributed by atoms with Gasteiger partial charge in [-0.25, -0.2) is 4.39 Å². The molecule has 0 spiro atoms. The Labute approximate surface area is 156 Å². The Balaban J connectivity index is 2.41. The van der Waals surface area contributed by atoms with Crippen molar-refractivity contribution in [1.82, 2.24) is 4.90 Å². The molecule has 1 unspecified atom stereocenters. The average Bonchev–Trinajstić information content (AvgIpc) is 2.98. The first-order chi connectivity index (χ1) is 12.0. The predicted octanol–water partition coefficient (Wildman–Crippen LogP) is 6.17. The number of hydrogen-bond donors (Lipinski definition) is 0. The Hall–Kier alpha value is -1.55. The third kappa shape index (κ3) is 4.35. The first-order valence-electron chi connectivity index (χ1n) is 9.02. The molecule has 1 atom stereocenters. The van der Waals surface area contributed by atoms with Crippen molar-refractivity contribution in [2.45, 2.75) is 52.6 Å². The summed E-state index contributed by atoms with van der Waals surface area (Å²) in [6, 6.07) is 0. The molecule has 0 amide bonds. The molecule has 0 aromatic heterocycles. The summed E-state index contributed by atoms with van der Waals surface area (Å²) in [7, 11) is 0. The van der Waals surface area contributed by atoms with Crippen LogP contribution >= 0.6 is 11.8 Å². The molecule has 0 bridgehead atoms. The van der Waals surface area contributed by atoms with Gasteiger partial charge in [-0.1, -0.05) is 56.5 Å². The zero-order valence-corrected chi connectivity index (χ0v) is 16.6. The summed E-state index contributed by atoms with van der Waals surface area (Å²) in [4.78, 5) is 7.71. The highest BCUT2D eigenvalue weighted by atomic mass is 32.2. The van der Waals surface area contributed by atoms with Crippen molar-refractivity contribution in [2.24, 2.45) is 4.99 Å². The van der Waals surface area contributed by atoms with E-state index in [1.54, 1.807) is 11.8 Å². The summed E-state index contributed by atoms with van der Waals surface area (Å²) in [6.07, 6.45) is 10.3. The maximum Gasteiger partial charge on any atom is 0.141 e. The van der Waals surface area contributed by atoms with Crippen molar-refractivity contribution in [3.8, 4) is 0 Å². The van der Waals surface area contributed by atoms with Gasteiger partial charge in [-0.05, 0) is 37.7 Å². The number of alkyl halides is 1. The first-order valence-corrected chi connectivity index (χ1v) is 9.90. The largest absolute Gasteiger partial charge is 0.326 e. The molecule has 1 saturated heterocycles. The molecular formula is C21H29FN2S. The second kappa shape index (κ2) is 8.70. The molecule has 2 aliphatic rings. The Morgan fingerprint density at radius 3 is 2.76 bits per heavy atom. The normalized spacial score (nSPS) is 24.4. The molecule has 2 aliphatic heterocycles. The van der Waals surface area contributed by atoms with Crippen LogP contribution in [0.4, 0.5) is 4.39 Å². The van der Waals surface area contributed by atoms with Gasteiger partial charge in [0.05, 0.1) is 13.1 Å². The van der Waals surface area contributed by atoms with Crippen molar-refractivity contribution in [1.29, 1.82) is 0 Å². The van der Waals surface area contributed by atoms with Gasteiger partial charge in [-0.3, -0.25) is 4.99 Å². The SMILES string of the molecule is C=C(S/C=C\C)C1=NCC(C(/C=C\CC)=C/C)=C2CC(F)(CC)CN12. The molecular weight excluding hydrogens is 331 g/mol. The molecule has 1 fully saturated rings. The van der Waals surface area contributed by atoms with E-state index < -0.39 is 5.67 Å². The minimum Gasteiger partial charge on any atom is -0.326 e. The van der Waals surface area contributed by atoms with E-state index >= 15 is 4.39 Å². The predicted molar refractivity (Wildman–Crippen MR) is 110 cm³/mol. The monoisotopic (exact) mass is 360 g/mol. The molecule has 2 nitrogen and oxygen atoms in total. The van der Waals surface area contributed by atoms with Crippen molar-refractivity contribution >= 4 is 17.6 Å². The summed E-state index contributed by atoms with van der Waals surface area (Å²) in [5.41, 5.74) is 2.18. The minimum absolute atomic E-state index is 0.366. The van der Waals surface area contributed by atoms with Gasteiger partial charge in [0.1, 0.15) is 11.5 Å². The standard InChI is InChI=1S/C21H29FN2S/c1-6-10-11-17(8-3)18-14-23-20(16(5)25-12-7-2)24-15-21(22,9-4)13-19(18)24/h7-8,10-12H,5-6,9,13-15H2,1-4H3/b11-10-,12-7-,17-8+. The number of halogens is 1. The van der Waals surface area contributed by atoms with Crippen LogP contribution in [-0.2, 0) is 0 Å². The van der Waals surface area contributed by atoms with E-state index in [1.807, 2.05) is 32.3 Å². The maximum absolute atomic E-state index is 15.2. The molecule has 0 aliphatic carbocycles. The zero-order chi connectivity index (χ0) is 18.4. The second-order valence-corrected chi connectivity index (χ2v) is 7.40. The Kier molecular flexibility index (Phi) is 6.88. The van der Waals surface area contributed by atoms with Crippen LogP contribution in [0.2, 0.25) is 0 Å². The maximum atomic E-state index is 15.2.